The number of hydrogen-bond acceptors (Lipinski definition) is 4. The molecule has 1 atom stereocenters. The molecule has 1 aliphatic carbocycles. The van der Waals surface area contributed by atoms with Gasteiger partial charge in [0.15, 0.2) is 5.78 Å². The number of β-lactam (4-membered cyclic amide) rings is 1. The van der Waals surface area contributed by atoms with E-state index < -0.39 is 6.04 Å². The van der Waals surface area contributed by atoms with E-state index in [-0.39, 0.29) is 41.6 Å². The quantitative estimate of drug-likeness (QED) is 0.723. The van der Waals surface area contributed by atoms with Crippen LogP contribution < -0.4 is 5.32 Å². The summed E-state index contributed by atoms with van der Waals surface area (Å²) in [6, 6.07) is -0.555. The average Bonchev–Trinajstić information content (AvgIpc) is 2.48. The van der Waals surface area contributed by atoms with Gasteiger partial charge in [-0.25, -0.2) is 0 Å². The number of carbonyl (C=O) groups excluding carboxylic acids is 3. The number of carbonyl (C=O) groups is 3. The zero-order valence-corrected chi connectivity index (χ0v) is 13.6. The number of aliphatic hydroxyl groups is 1. The van der Waals surface area contributed by atoms with Gasteiger partial charge in [-0.1, -0.05) is 13.8 Å². The standard InChI is InChI=1S/C16H26N2O4/c1-10(2)14(21)17-12-4-6-16(7-5-12)9-18(15(16)22)13(8-19)11(3)20/h10,12-13,19H,4-9H2,1-3H3,(H,17,21). The van der Waals surface area contributed by atoms with Crippen molar-refractivity contribution < 1.29 is 19.5 Å². The zero-order chi connectivity index (χ0) is 16.5. The van der Waals surface area contributed by atoms with Crippen LogP contribution in [0.15, 0.2) is 0 Å². The molecule has 0 bridgehead atoms. The Bertz CT molecular complexity index is 467. The van der Waals surface area contributed by atoms with E-state index in [0.29, 0.717) is 6.54 Å². The van der Waals surface area contributed by atoms with Crippen molar-refractivity contribution in [1.82, 2.24) is 10.2 Å². The van der Waals surface area contributed by atoms with Gasteiger partial charge in [-0.2, -0.15) is 0 Å². The van der Waals surface area contributed by atoms with Crippen molar-refractivity contribution in [3.8, 4) is 0 Å². The number of amides is 2. The molecule has 6 nitrogen and oxygen atoms in total. The Kier molecular flexibility index (Phi) is 4.90. The van der Waals surface area contributed by atoms with Gasteiger partial charge in [0.05, 0.1) is 12.0 Å². The minimum absolute atomic E-state index is 0.0182. The molecule has 124 valence electrons. The summed E-state index contributed by atoms with van der Waals surface area (Å²) in [5.74, 6) is -0.170. The zero-order valence-electron chi connectivity index (χ0n) is 13.6. The van der Waals surface area contributed by atoms with E-state index in [1.54, 1.807) is 0 Å². The number of Topliss-reactive ketones (excluding diaryl/α,β-unsaturated/α-hetero) is 1. The van der Waals surface area contributed by atoms with Crippen LogP contribution in [-0.2, 0) is 14.4 Å². The maximum Gasteiger partial charge on any atom is 0.231 e. The highest BCUT2D eigenvalue weighted by Gasteiger charge is 2.55. The number of aliphatic hydroxyl groups excluding tert-OH is 1. The van der Waals surface area contributed by atoms with Crippen LogP contribution in [0.5, 0.6) is 0 Å². The highest BCUT2D eigenvalue weighted by Crippen LogP contribution is 2.45. The molecule has 1 saturated heterocycles. The van der Waals surface area contributed by atoms with Crippen molar-refractivity contribution in [2.24, 2.45) is 11.3 Å². The molecule has 2 N–H and O–H groups in total. The number of nitrogens with one attached hydrogen (secondary N) is 1. The van der Waals surface area contributed by atoms with Crippen LogP contribution in [0.2, 0.25) is 0 Å². The summed E-state index contributed by atoms with van der Waals surface area (Å²) in [5.41, 5.74) is -0.373. The molecular formula is C16H26N2O4. The first-order valence-corrected chi connectivity index (χ1v) is 8.03. The molecule has 6 heteroatoms. The molecule has 1 unspecified atom stereocenters. The molecule has 0 radical (unpaired) electrons. The highest BCUT2D eigenvalue weighted by molar-refractivity contribution is 5.94. The maximum absolute atomic E-state index is 12.5. The van der Waals surface area contributed by atoms with E-state index in [1.807, 2.05) is 13.8 Å². The van der Waals surface area contributed by atoms with Gasteiger partial charge in [0.2, 0.25) is 11.8 Å². The van der Waals surface area contributed by atoms with Crippen molar-refractivity contribution >= 4 is 17.6 Å². The van der Waals surface area contributed by atoms with E-state index in [4.69, 9.17) is 0 Å². The normalized spacial score (nSPS) is 29.4. The van der Waals surface area contributed by atoms with Gasteiger partial charge >= 0.3 is 0 Å². The second kappa shape index (κ2) is 6.36. The SMILES string of the molecule is CC(=O)C(CO)N1CC2(CCC(NC(=O)C(C)C)CC2)C1=O. The van der Waals surface area contributed by atoms with Gasteiger partial charge in [0.25, 0.3) is 0 Å². The van der Waals surface area contributed by atoms with E-state index in [2.05, 4.69) is 5.32 Å². The summed E-state index contributed by atoms with van der Waals surface area (Å²) < 4.78 is 0. The summed E-state index contributed by atoms with van der Waals surface area (Å²) in [4.78, 5) is 37.1. The third-order valence-electron chi connectivity index (χ3n) is 5.02. The first-order chi connectivity index (χ1) is 10.3. The Labute approximate surface area is 131 Å². The summed E-state index contributed by atoms with van der Waals surface area (Å²) in [7, 11) is 0. The molecular weight excluding hydrogens is 284 g/mol. The van der Waals surface area contributed by atoms with Crippen molar-refractivity contribution in [3.05, 3.63) is 0 Å². The minimum Gasteiger partial charge on any atom is -0.394 e. The average molecular weight is 310 g/mol. The van der Waals surface area contributed by atoms with E-state index in [0.717, 1.165) is 25.7 Å². The fourth-order valence-electron chi connectivity index (χ4n) is 3.43. The third-order valence-corrected chi connectivity index (χ3v) is 5.02. The van der Waals surface area contributed by atoms with Gasteiger partial charge in [0, 0.05) is 18.5 Å². The van der Waals surface area contributed by atoms with Crippen LogP contribution in [0.3, 0.4) is 0 Å². The number of ketones is 1. The van der Waals surface area contributed by atoms with E-state index >= 15 is 0 Å². The minimum atomic E-state index is -0.698. The molecule has 1 aliphatic heterocycles. The molecule has 1 saturated carbocycles. The summed E-state index contributed by atoms with van der Waals surface area (Å²) in [6.45, 7) is 5.36. The smallest absolute Gasteiger partial charge is 0.231 e. The summed E-state index contributed by atoms with van der Waals surface area (Å²) in [5, 5.41) is 12.3. The van der Waals surface area contributed by atoms with Gasteiger partial charge in [-0.05, 0) is 32.6 Å². The van der Waals surface area contributed by atoms with Gasteiger partial charge in [-0.3, -0.25) is 14.4 Å². The lowest BCUT2D eigenvalue weighted by Crippen LogP contribution is -2.67. The molecule has 2 amide bonds. The molecule has 1 spiro atoms. The van der Waals surface area contributed by atoms with Crippen LogP contribution >= 0.6 is 0 Å². The Morgan fingerprint density at radius 3 is 2.36 bits per heavy atom. The Hall–Kier alpha value is -1.43. The number of rotatable bonds is 5. The number of hydrogen-bond donors (Lipinski definition) is 2. The highest BCUT2D eigenvalue weighted by atomic mass is 16.3. The van der Waals surface area contributed by atoms with E-state index in [9.17, 15) is 19.5 Å². The first kappa shape index (κ1) is 16.9. The van der Waals surface area contributed by atoms with Crippen molar-refractivity contribution in [3.63, 3.8) is 0 Å². The van der Waals surface area contributed by atoms with Crippen molar-refractivity contribution in [1.29, 1.82) is 0 Å². The maximum atomic E-state index is 12.5. The molecule has 2 fully saturated rings. The second-order valence-corrected chi connectivity index (χ2v) is 6.96. The van der Waals surface area contributed by atoms with Crippen molar-refractivity contribution in [2.75, 3.05) is 13.2 Å². The Morgan fingerprint density at radius 2 is 1.95 bits per heavy atom. The van der Waals surface area contributed by atoms with Crippen LogP contribution in [0.25, 0.3) is 0 Å². The van der Waals surface area contributed by atoms with Gasteiger partial charge in [0.1, 0.15) is 6.04 Å². The van der Waals surface area contributed by atoms with Crippen LogP contribution in [0.1, 0.15) is 46.5 Å². The second-order valence-electron chi connectivity index (χ2n) is 6.96. The van der Waals surface area contributed by atoms with Crippen LogP contribution in [0.4, 0.5) is 0 Å². The summed E-state index contributed by atoms with van der Waals surface area (Å²) >= 11 is 0. The number of nitrogens with zero attached hydrogens (tertiary/aromatic N) is 1. The lowest BCUT2D eigenvalue weighted by atomic mass is 9.66. The van der Waals surface area contributed by atoms with Crippen molar-refractivity contribution in [2.45, 2.75) is 58.5 Å². The lowest BCUT2D eigenvalue weighted by Gasteiger charge is -2.53. The van der Waals surface area contributed by atoms with Gasteiger partial charge in [-0.15, -0.1) is 0 Å². The monoisotopic (exact) mass is 310 g/mol. The molecule has 1 heterocycles. The predicted octanol–water partition coefficient (Wildman–Crippen LogP) is 0.480. The van der Waals surface area contributed by atoms with Crippen LogP contribution in [0, 0.1) is 11.3 Å². The molecule has 2 rings (SSSR count). The number of likely N-dealkylation sites (tertiary alicyclic amines) is 1. The van der Waals surface area contributed by atoms with E-state index in [1.165, 1.54) is 11.8 Å². The molecule has 22 heavy (non-hydrogen) atoms. The fourth-order valence-corrected chi connectivity index (χ4v) is 3.43. The Morgan fingerprint density at radius 1 is 1.36 bits per heavy atom. The molecule has 0 aromatic carbocycles. The topological polar surface area (TPSA) is 86.7 Å². The molecule has 0 aromatic heterocycles. The lowest BCUT2D eigenvalue weighted by molar-refractivity contribution is -0.172. The molecule has 0 aromatic rings. The Balaban J connectivity index is 1.89. The predicted molar refractivity (Wildman–Crippen MR) is 80.9 cm³/mol. The van der Waals surface area contributed by atoms with Crippen LogP contribution in [-0.4, -0.2) is 52.8 Å². The summed E-state index contributed by atoms with van der Waals surface area (Å²) in [6.07, 6.45) is 3.06. The van der Waals surface area contributed by atoms with Gasteiger partial charge < -0.3 is 15.3 Å². The largest absolute Gasteiger partial charge is 0.394 e. The third kappa shape index (κ3) is 3.02. The molecule has 2 aliphatic rings. The first-order valence-electron chi connectivity index (χ1n) is 8.03. The fraction of sp³-hybridized carbons (Fsp3) is 0.812.